The summed E-state index contributed by atoms with van der Waals surface area (Å²) >= 11 is 0. The number of amides is 1. The van der Waals surface area contributed by atoms with Gasteiger partial charge >= 0.3 is 0 Å². The summed E-state index contributed by atoms with van der Waals surface area (Å²) in [5.74, 6) is 0.831. The molecule has 0 saturated carbocycles. The maximum Gasteiger partial charge on any atom is 0.222 e. The molecule has 3 nitrogen and oxygen atoms in total. The zero-order valence-corrected chi connectivity index (χ0v) is 12.8. The standard InChI is InChI=1S/C17H26N2O/c1-4-17(20)19-12-16(13(2)3)18-11-15(19)10-14-8-6-5-7-9-14/h5-9,13,15-16,18H,4,10-12H2,1-3H3. The van der Waals surface area contributed by atoms with Crippen molar-refractivity contribution in [3.63, 3.8) is 0 Å². The molecule has 2 rings (SSSR count). The van der Waals surface area contributed by atoms with Crippen molar-refractivity contribution in [1.29, 1.82) is 0 Å². The number of rotatable bonds is 4. The predicted molar refractivity (Wildman–Crippen MR) is 82.6 cm³/mol. The third-order valence-electron chi connectivity index (χ3n) is 4.19. The van der Waals surface area contributed by atoms with E-state index in [4.69, 9.17) is 0 Å². The number of nitrogens with one attached hydrogen (secondary N) is 1. The first-order valence-electron chi connectivity index (χ1n) is 7.68. The van der Waals surface area contributed by atoms with Crippen LogP contribution in [-0.4, -0.2) is 36.0 Å². The van der Waals surface area contributed by atoms with Crippen LogP contribution < -0.4 is 5.32 Å². The summed E-state index contributed by atoms with van der Waals surface area (Å²) in [7, 11) is 0. The average Bonchev–Trinajstić information content (AvgIpc) is 2.47. The van der Waals surface area contributed by atoms with Crippen LogP contribution in [0.4, 0.5) is 0 Å². The molecular weight excluding hydrogens is 248 g/mol. The van der Waals surface area contributed by atoms with Crippen molar-refractivity contribution in [1.82, 2.24) is 10.2 Å². The minimum atomic E-state index is 0.276. The Labute approximate surface area is 122 Å². The Bertz CT molecular complexity index is 430. The van der Waals surface area contributed by atoms with Crippen molar-refractivity contribution in [3.8, 4) is 0 Å². The Morgan fingerprint density at radius 1 is 1.35 bits per heavy atom. The van der Waals surface area contributed by atoms with Gasteiger partial charge in [-0.3, -0.25) is 4.79 Å². The van der Waals surface area contributed by atoms with Crippen molar-refractivity contribution in [2.24, 2.45) is 5.92 Å². The molecule has 20 heavy (non-hydrogen) atoms. The minimum absolute atomic E-state index is 0.276. The SMILES string of the molecule is CCC(=O)N1CC(C(C)C)NCC1Cc1ccccc1. The summed E-state index contributed by atoms with van der Waals surface area (Å²) < 4.78 is 0. The van der Waals surface area contributed by atoms with Gasteiger partial charge < -0.3 is 10.2 Å². The Morgan fingerprint density at radius 2 is 2.05 bits per heavy atom. The van der Waals surface area contributed by atoms with Crippen LogP contribution in [0.25, 0.3) is 0 Å². The van der Waals surface area contributed by atoms with E-state index in [0.29, 0.717) is 18.4 Å². The molecule has 0 bridgehead atoms. The van der Waals surface area contributed by atoms with Gasteiger partial charge in [-0.05, 0) is 17.9 Å². The van der Waals surface area contributed by atoms with Gasteiger partial charge in [0.2, 0.25) is 5.91 Å². The summed E-state index contributed by atoms with van der Waals surface area (Å²) in [4.78, 5) is 14.3. The molecule has 3 heteroatoms. The number of benzene rings is 1. The second-order valence-electron chi connectivity index (χ2n) is 6.00. The smallest absolute Gasteiger partial charge is 0.222 e. The van der Waals surface area contributed by atoms with E-state index in [-0.39, 0.29) is 11.9 Å². The summed E-state index contributed by atoms with van der Waals surface area (Å²) in [6.07, 6.45) is 1.53. The second-order valence-corrected chi connectivity index (χ2v) is 6.00. The van der Waals surface area contributed by atoms with Crippen molar-refractivity contribution in [2.75, 3.05) is 13.1 Å². The second kappa shape index (κ2) is 6.89. The Balaban J connectivity index is 2.08. The highest BCUT2D eigenvalue weighted by Crippen LogP contribution is 2.17. The zero-order valence-electron chi connectivity index (χ0n) is 12.8. The molecule has 1 aromatic rings. The monoisotopic (exact) mass is 274 g/mol. The van der Waals surface area contributed by atoms with Gasteiger partial charge in [0.05, 0.1) is 0 Å². The van der Waals surface area contributed by atoms with Gasteiger partial charge in [-0.1, -0.05) is 51.1 Å². The molecule has 2 atom stereocenters. The largest absolute Gasteiger partial charge is 0.337 e. The molecular formula is C17H26N2O. The van der Waals surface area contributed by atoms with Crippen LogP contribution in [0, 0.1) is 5.92 Å². The van der Waals surface area contributed by atoms with Crippen molar-refractivity contribution in [2.45, 2.75) is 45.7 Å². The van der Waals surface area contributed by atoms with Gasteiger partial charge in [0.1, 0.15) is 0 Å². The highest BCUT2D eigenvalue weighted by Gasteiger charge is 2.31. The first-order valence-corrected chi connectivity index (χ1v) is 7.68. The van der Waals surface area contributed by atoms with Crippen LogP contribution >= 0.6 is 0 Å². The Kier molecular flexibility index (Phi) is 5.18. The van der Waals surface area contributed by atoms with Crippen molar-refractivity contribution in [3.05, 3.63) is 35.9 Å². The average molecular weight is 274 g/mol. The first-order chi connectivity index (χ1) is 9.61. The van der Waals surface area contributed by atoms with Crippen LogP contribution in [-0.2, 0) is 11.2 Å². The fourth-order valence-electron chi connectivity index (χ4n) is 2.85. The highest BCUT2D eigenvalue weighted by atomic mass is 16.2. The summed E-state index contributed by atoms with van der Waals surface area (Å²) in [5, 5.41) is 3.60. The fourth-order valence-corrected chi connectivity index (χ4v) is 2.85. The van der Waals surface area contributed by atoms with Gasteiger partial charge in [0, 0.05) is 31.6 Å². The summed E-state index contributed by atoms with van der Waals surface area (Å²) in [5.41, 5.74) is 1.30. The van der Waals surface area contributed by atoms with Gasteiger partial charge in [0.25, 0.3) is 0 Å². The number of carbonyl (C=O) groups is 1. The quantitative estimate of drug-likeness (QED) is 0.915. The molecule has 1 aliphatic rings. The summed E-state index contributed by atoms with van der Waals surface area (Å²) in [6.45, 7) is 8.10. The van der Waals surface area contributed by atoms with E-state index in [9.17, 15) is 4.79 Å². The molecule has 1 saturated heterocycles. The molecule has 0 radical (unpaired) electrons. The molecule has 1 fully saturated rings. The van der Waals surface area contributed by atoms with Gasteiger partial charge in [-0.2, -0.15) is 0 Å². The van der Waals surface area contributed by atoms with Crippen LogP contribution in [0.2, 0.25) is 0 Å². The van der Waals surface area contributed by atoms with E-state index in [1.54, 1.807) is 0 Å². The maximum absolute atomic E-state index is 12.2. The third kappa shape index (κ3) is 3.60. The Morgan fingerprint density at radius 3 is 2.65 bits per heavy atom. The van der Waals surface area contributed by atoms with Gasteiger partial charge in [0.15, 0.2) is 0 Å². The number of hydrogen-bond acceptors (Lipinski definition) is 2. The van der Waals surface area contributed by atoms with Crippen molar-refractivity contribution >= 4 is 5.91 Å². The van der Waals surface area contributed by atoms with Crippen molar-refractivity contribution < 1.29 is 4.79 Å². The van der Waals surface area contributed by atoms with Crippen LogP contribution in [0.3, 0.4) is 0 Å². The number of nitrogens with zero attached hydrogens (tertiary/aromatic N) is 1. The number of hydrogen-bond donors (Lipinski definition) is 1. The minimum Gasteiger partial charge on any atom is -0.337 e. The van der Waals surface area contributed by atoms with E-state index in [1.807, 2.05) is 13.0 Å². The predicted octanol–water partition coefficient (Wildman–Crippen LogP) is 2.46. The summed E-state index contributed by atoms with van der Waals surface area (Å²) in [6, 6.07) is 11.1. The van der Waals surface area contributed by atoms with Gasteiger partial charge in [-0.25, -0.2) is 0 Å². The van der Waals surface area contributed by atoms with E-state index in [0.717, 1.165) is 19.5 Å². The molecule has 0 aliphatic carbocycles. The molecule has 110 valence electrons. The van der Waals surface area contributed by atoms with Crippen LogP contribution in [0.1, 0.15) is 32.8 Å². The zero-order chi connectivity index (χ0) is 14.5. The maximum atomic E-state index is 12.2. The van der Waals surface area contributed by atoms with Gasteiger partial charge in [-0.15, -0.1) is 0 Å². The third-order valence-corrected chi connectivity index (χ3v) is 4.19. The highest BCUT2D eigenvalue weighted by molar-refractivity contribution is 5.76. The molecule has 2 unspecified atom stereocenters. The first kappa shape index (κ1) is 15.0. The lowest BCUT2D eigenvalue weighted by Gasteiger charge is -2.42. The lowest BCUT2D eigenvalue weighted by Crippen LogP contribution is -2.60. The molecule has 1 N–H and O–H groups in total. The van der Waals surface area contributed by atoms with Crippen LogP contribution in [0.15, 0.2) is 30.3 Å². The van der Waals surface area contributed by atoms with E-state index < -0.39 is 0 Å². The van der Waals surface area contributed by atoms with E-state index >= 15 is 0 Å². The lowest BCUT2D eigenvalue weighted by atomic mass is 9.96. The molecule has 1 heterocycles. The molecule has 1 aliphatic heterocycles. The lowest BCUT2D eigenvalue weighted by molar-refractivity contribution is -0.135. The molecule has 1 aromatic carbocycles. The van der Waals surface area contributed by atoms with Crippen LogP contribution in [0.5, 0.6) is 0 Å². The number of piperazine rings is 1. The molecule has 0 spiro atoms. The molecule has 0 aromatic heterocycles. The topological polar surface area (TPSA) is 32.3 Å². The Hall–Kier alpha value is -1.35. The van der Waals surface area contributed by atoms with E-state index in [1.165, 1.54) is 5.56 Å². The normalized spacial score (nSPS) is 23.1. The number of carbonyl (C=O) groups excluding carboxylic acids is 1. The van der Waals surface area contributed by atoms with E-state index in [2.05, 4.69) is 48.3 Å². The molecule has 1 amide bonds. The fraction of sp³-hybridized carbons (Fsp3) is 0.588.